The minimum absolute atomic E-state index is 0.0275. The Bertz CT molecular complexity index is 876. The fourth-order valence-corrected chi connectivity index (χ4v) is 2.97. The van der Waals surface area contributed by atoms with Crippen LogP contribution in [0.1, 0.15) is 5.69 Å². The molecule has 1 aromatic heterocycles. The molecule has 1 N–H and O–H groups in total. The van der Waals surface area contributed by atoms with Crippen molar-refractivity contribution in [3.05, 3.63) is 52.8 Å². The molecule has 0 bridgehead atoms. The fourth-order valence-electron chi connectivity index (χ4n) is 2.80. The Balaban J connectivity index is 1.86. The van der Waals surface area contributed by atoms with Gasteiger partial charge in [-0.1, -0.05) is 11.6 Å². The van der Waals surface area contributed by atoms with E-state index in [2.05, 4.69) is 10.2 Å². The van der Waals surface area contributed by atoms with E-state index in [-0.39, 0.29) is 5.57 Å². The summed E-state index contributed by atoms with van der Waals surface area (Å²) in [7, 11) is 1.85. The standard InChI is InChI=1S/C19H19ClN4O2/c1-23-6-2-3-16(23)11-14(13-21)19(25)22-17-12-15(20)4-5-18(17)24-7-9-26-10-8-24/h2-6,11-12H,7-10H2,1H3,(H,22,25). The Morgan fingerprint density at radius 3 is 2.77 bits per heavy atom. The Morgan fingerprint density at radius 1 is 1.35 bits per heavy atom. The lowest BCUT2D eigenvalue weighted by Crippen LogP contribution is -2.36. The lowest BCUT2D eigenvalue weighted by Gasteiger charge is -2.30. The number of benzene rings is 1. The van der Waals surface area contributed by atoms with Crippen LogP contribution in [0.25, 0.3) is 6.08 Å². The van der Waals surface area contributed by atoms with Gasteiger partial charge in [-0.25, -0.2) is 0 Å². The van der Waals surface area contributed by atoms with Gasteiger partial charge in [0.2, 0.25) is 0 Å². The van der Waals surface area contributed by atoms with Gasteiger partial charge in [0, 0.05) is 37.1 Å². The van der Waals surface area contributed by atoms with Gasteiger partial charge in [-0.3, -0.25) is 4.79 Å². The van der Waals surface area contributed by atoms with E-state index in [9.17, 15) is 10.1 Å². The van der Waals surface area contributed by atoms with E-state index in [4.69, 9.17) is 16.3 Å². The maximum absolute atomic E-state index is 12.6. The molecule has 1 amide bonds. The Labute approximate surface area is 157 Å². The molecule has 0 atom stereocenters. The molecule has 0 spiro atoms. The minimum atomic E-state index is -0.467. The average Bonchev–Trinajstić information content (AvgIpc) is 3.05. The van der Waals surface area contributed by atoms with Crippen LogP contribution in [0.2, 0.25) is 5.02 Å². The smallest absolute Gasteiger partial charge is 0.266 e. The van der Waals surface area contributed by atoms with E-state index in [0.29, 0.717) is 23.9 Å². The first-order valence-corrected chi connectivity index (χ1v) is 8.63. The van der Waals surface area contributed by atoms with Crippen LogP contribution >= 0.6 is 11.6 Å². The van der Waals surface area contributed by atoms with Gasteiger partial charge in [-0.2, -0.15) is 5.26 Å². The molecule has 6 nitrogen and oxygen atoms in total. The highest BCUT2D eigenvalue weighted by Gasteiger charge is 2.18. The number of aryl methyl sites for hydroxylation is 1. The number of nitriles is 1. The molecule has 1 saturated heterocycles. The summed E-state index contributed by atoms with van der Waals surface area (Å²) in [6.45, 7) is 2.73. The van der Waals surface area contributed by atoms with Crippen molar-refractivity contribution in [1.82, 2.24) is 4.57 Å². The van der Waals surface area contributed by atoms with E-state index in [0.717, 1.165) is 24.5 Å². The number of anilines is 2. The van der Waals surface area contributed by atoms with Crippen LogP contribution < -0.4 is 10.2 Å². The second-order valence-electron chi connectivity index (χ2n) is 5.93. The van der Waals surface area contributed by atoms with Gasteiger partial charge in [-0.05, 0) is 36.4 Å². The Kier molecular flexibility index (Phi) is 5.61. The lowest BCUT2D eigenvalue weighted by atomic mass is 10.2. The number of hydrogen-bond donors (Lipinski definition) is 1. The van der Waals surface area contributed by atoms with E-state index >= 15 is 0 Å². The summed E-state index contributed by atoms with van der Waals surface area (Å²) in [5.41, 5.74) is 2.25. The summed E-state index contributed by atoms with van der Waals surface area (Å²) < 4.78 is 7.22. The maximum Gasteiger partial charge on any atom is 0.266 e. The van der Waals surface area contributed by atoms with Gasteiger partial charge >= 0.3 is 0 Å². The normalized spacial score (nSPS) is 14.8. The largest absolute Gasteiger partial charge is 0.378 e. The third kappa shape index (κ3) is 4.07. The van der Waals surface area contributed by atoms with Gasteiger partial charge in [0.05, 0.1) is 24.6 Å². The number of amides is 1. The van der Waals surface area contributed by atoms with E-state index in [1.54, 1.807) is 18.2 Å². The van der Waals surface area contributed by atoms with Gasteiger partial charge in [0.25, 0.3) is 5.91 Å². The number of carbonyl (C=O) groups excluding carboxylic acids is 1. The van der Waals surface area contributed by atoms with Crippen molar-refractivity contribution in [3.8, 4) is 6.07 Å². The highest BCUT2D eigenvalue weighted by Crippen LogP contribution is 2.30. The van der Waals surface area contributed by atoms with Gasteiger partial charge in [-0.15, -0.1) is 0 Å². The number of halogens is 1. The van der Waals surface area contributed by atoms with Gasteiger partial charge in [0.15, 0.2) is 0 Å². The van der Waals surface area contributed by atoms with Crippen LogP contribution in [0.15, 0.2) is 42.1 Å². The average molecular weight is 371 g/mol. The summed E-state index contributed by atoms with van der Waals surface area (Å²) in [4.78, 5) is 14.8. The molecular weight excluding hydrogens is 352 g/mol. The Morgan fingerprint density at radius 2 is 2.12 bits per heavy atom. The van der Waals surface area contributed by atoms with Gasteiger partial charge < -0.3 is 19.5 Å². The van der Waals surface area contributed by atoms with Crippen molar-refractivity contribution in [3.63, 3.8) is 0 Å². The zero-order chi connectivity index (χ0) is 18.5. The predicted octanol–water partition coefficient (Wildman–Crippen LogP) is 3.06. The first kappa shape index (κ1) is 18.1. The highest BCUT2D eigenvalue weighted by molar-refractivity contribution is 6.31. The topological polar surface area (TPSA) is 70.3 Å². The fraction of sp³-hybridized carbons (Fsp3) is 0.263. The number of ether oxygens (including phenoxy) is 1. The highest BCUT2D eigenvalue weighted by atomic mass is 35.5. The van der Waals surface area contributed by atoms with Crippen LogP contribution in [0, 0.1) is 11.3 Å². The molecule has 1 aliphatic rings. The van der Waals surface area contributed by atoms with Crippen LogP contribution in [-0.4, -0.2) is 36.8 Å². The van der Waals surface area contributed by atoms with Crippen LogP contribution in [0.4, 0.5) is 11.4 Å². The van der Waals surface area contributed by atoms with Crippen LogP contribution in [0.3, 0.4) is 0 Å². The molecule has 1 aromatic carbocycles. The summed E-state index contributed by atoms with van der Waals surface area (Å²) >= 11 is 6.11. The maximum atomic E-state index is 12.6. The summed E-state index contributed by atoms with van der Waals surface area (Å²) in [6, 6.07) is 11.0. The van der Waals surface area contributed by atoms with E-state index in [1.807, 2.05) is 42.1 Å². The van der Waals surface area contributed by atoms with Crippen molar-refractivity contribution in [2.24, 2.45) is 7.05 Å². The molecule has 0 radical (unpaired) electrons. The lowest BCUT2D eigenvalue weighted by molar-refractivity contribution is -0.112. The molecule has 2 heterocycles. The van der Waals surface area contributed by atoms with Crippen LogP contribution in [0.5, 0.6) is 0 Å². The number of nitrogens with one attached hydrogen (secondary N) is 1. The molecule has 1 fully saturated rings. The predicted molar refractivity (Wildman–Crippen MR) is 102 cm³/mol. The van der Waals surface area contributed by atoms with Gasteiger partial charge in [0.1, 0.15) is 11.6 Å². The number of rotatable bonds is 4. The SMILES string of the molecule is Cn1cccc1C=C(C#N)C(=O)Nc1cc(Cl)ccc1N1CCOCC1. The van der Waals surface area contributed by atoms with Crippen molar-refractivity contribution in [2.45, 2.75) is 0 Å². The molecular formula is C19H19ClN4O2. The molecule has 26 heavy (non-hydrogen) atoms. The minimum Gasteiger partial charge on any atom is -0.378 e. The zero-order valence-corrected chi connectivity index (χ0v) is 15.2. The molecule has 134 valence electrons. The molecule has 0 unspecified atom stereocenters. The first-order valence-electron chi connectivity index (χ1n) is 8.25. The summed E-state index contributed by atoms with van der Waals surface area (Å²) in [5, 5.41) is 12.7. The zero-order valence-electron chi connectivity index (χ0n) is 14.4. The first-order chi connectivity index (χ1) is 12.6. The quantitative estimate of drug-likeness (QED) is 0.663. The van der Waals surface area contributed by atoms with Crippen molar-refractivity contribution in [1.29, 1.82) is 5.26 Å². The summed E-state index contributed by atoms with van der Waals surface area (Å²) in [6.07, 6.45) is 3.42. The molecule has 2 aromatic rings. The number of aromatic nitrogens is 1. The second-order valence-corrected chi connectivity index (χ2v) is 6.37. The third-order valence-corrected chi connectivity index (χ3v) is 4.43. The second kappa shape index (κ2) is 8.09. The third-order valence-electron chi connectivity index (χ3n) is 4.20. The van der Waals surface area contributed by atoms with Crippen molar-refractivity contribution < 1.29 is 9.53 Å². The van der Waals surface area contributed by atoms with E-state index < -0.39 is 5.91 Å². The molecule has 0 saturated carbocycles. The van der Waals surface area contributed by atoms with E-state index in [1.165, 1.54) is 0 Å². The van der Waals surface area contributed by atoms with Crippen LogP contribution in [-0.2, 0) is 16.6 Å². The molecule has 7 heteroatoms. The number of hydrogen-bond acceptors (Lipinski definition) is 4. The molecule has 0 aliphatic carbocycles. The number of nitrogens with zero attached hydrogens (tertiary/aromatic N) is 3. The number of morpholine rings is 1. The molecule has 3 rings (SSSR count). The summed E-state index contributed by atoms with van der Waals surface area (Å²) in [5.74, 6) is -0.467. The molecule has 1 aliphatic heterocycles. The van der Waals surface area contributed by atoms with Crippen molar-refractivity contribution in [2.75, 3.05) is 36.5 Å². The number of carbonyl (C=O) groups is 1. The Hall–Kier alpha value is -2.75. The van der Waals surface area contributed by atoms with Crippen molar-refractivity contribution >= 4 is 35.0 Å². The monoisotopic (exact) mass is 370 g/mol.